The predicted molar refractivity (Wildman–Crippen MR) is 121 cm³/mol. The number of likely N-dealkylation sites (tertiary alicyclic amines) is 1. The van der Waals surface area contributed by atoms with Gasteiger partial charge in [0, 0.05) is 22.6 Å². The quantitative estimate of drug-likeness (QED) is 0.685. The third kappa shape index (κ3) is 3.47. The van der Waals surface area contributed by atoms with Gasteiger partial charge in [0.15, 0.2) is 0 Å². The Labute approximate surface area is 178 Å². The zero-order chi connectivity index (χ0) is 19.7. The van der Waals surface area contributed by atoms with E-state index in [0.29, 0.717) is 0 Å². The summed E-state index contributed by atoms with van der Waals surface area (Å²) in [5, 5.41) is 3.91. The largest absolute Gasteiger partial charge is 0.492 e. The Bertz CT molecular complexity index is 872. The van der Waals surface area contributed by atoms with Crippen molar-refractivity contribution < 1.29 is 4.74 Å². The molecule has 2 heterocycles. The number of ether oxygens (including phenoxy) is 1. The third-order valence-corrected chi connectivity index (χ3v) is 7.92. The summed E-state index contributed by atoms with van der Waals surface area (Å²) in [6.07, 6.45) is 6.49. The van der Waals surface area contributed by atoms with Gasteiger partial charge >= 0.3 is 0 Å². The van der Waals surface area contributed by atoms with Crippen LogP contribution in [0.25, 0.3) is 5.70 Å². The van der Waals surface area contributed by atoms with E-state index in [-0.39, 0.29) is 11.6 Å². The van der Waals surface area contributed by atoms with Crippen molar-refractivity contribution >= 4 is 17.5 Å². The molecule has 2 aliphatic heterocycles. The van der Waals surface area contributed by atoms with Crippen molar-refractivity contribution in [3.05, 3.63) is 66.2 Å². The first-order valence-corrected chi connectivity index (χ1v) is 11.9. The van der Waals surface area contributed by atoms with Crippen molar-refractivity contribution in [3.63, 3.8) is 0 Å². The molecule has 0 radical (unpaired) electrons. The molecule has 0 bridgehead atoms. The van der Waals surface area contributed by atoms with E-state index >= 15 is 0 Å². The fraction of sp³-hybridized carbons (Fsp3) is 0.440. The molecule has 1 aliphatic carbocycles. The monoisotopic (exact) mass is 406 g/mol. The molecule has 0 aromatic heterocycles. The van der Waals surface area contributed by atoms with Crippen LogP contribution in [0.5, 0.6) is 5.75 Å². The molecule has 2 fully saturated rings. The van der Waals surface area contributed by atoms with Crippen molar-refractivity contribution in [2.24, 2.45) is 0 Å². The van der Waals surface area contributed by atoms with Crippen molar-refractivity contribution in [2.75, 3.05) is 25.4 Å². The molecule has 1 unspecified atom stereocenters. The fourth-order valence-corrected chi connectivity index (χ4v) is 6.21. The highest BCUT2D eigenvalue weighted by Crippen LogP contribution is 2.49. The lowest BCUT2D eigenvalue weighted by Crippen LogP contribution is -2.59. The molecular formula is C25H30N2OS. The second kappa shape index (κ2) is 8.08. The Hall–Kier alpha value is -1.91. The van der Waals surface area contributed by atoms with Crippen molar-refractivity contribution in [1.29, 1.82) is 0 Å². The van der Waals surface area contributed by atoms with E-state index in [1.54, 1.807) is 0 Å². The molecule has 1 atom stereocenters. The van der Waals surface area contributed by atoms with Crippen LogP contribution in [0.3, 0.4) is 0 Å². The van der Waals surface area contributed by atoms with Crippen LogP contribution < -0.4 is 10.1 Å². The molecule has 4 heteroatoms. The summed E-state index contributed by atoms with van der Waals surface area (Å²) in [5.74, 6) is 1.99. The van der Waals surface area contributed by atoms with E-state index in [4.69, 9.17) is 4.74 Å². The minimum absolute atomic E-state index is 0.208. The van der Waals surface area contributed by atoms with Gasteiger partial charge in [-0.25, -0.2) is 0 Å². The minimum Gasteiger partial charge on any atom is -0.492 e. The maximum absolute atomic E-state index is 5.89. The van der Waals surface area contributed by atoms with E-state index in [9.17, 15) is 0 Å². The van der Waals surface area contributed by atoms with Crippen LogP contribution >= 0.6 is 11.8 Å². The minimum atomic E-state index is 0.208. The van der Waals surface area contributed by atoms with E-state index in [0.717, 1.165) is 23.8 Å². The molecule has 2 aromatic carbocycles. The molecule has 1 saturated heterocycles. The second-order valence-electron chi connectivity index (χ2n) is 8.45. The summed E-state index contributed by atoms with van der Waals surface area (Å²) in [6.45, 7) is 7.73. The summed E-state index contributed by atoms with van der Waals surface area (Å²) in [6, 6.07) is 17.6. The topological polar surface area (TPSA) is 24.5 Å². The SMILES string of the molecule is C=C(NC(c1ccccc1)C1(N2CCCC2)CCC1)c1cccc2c1SCCO2. The molecule has 29 heavy (non-hydrogen) atoms. The molecular weight excluding hydrogens is 376 g/mol. The molecule has 3 aliphatic rings. The maximum Gasteiger partial charge on any atom is 0.133 e. The molecule has 3 nitrogen and oxygen atoms in total. The van der Waals surface area contributed by atoms with Gasteiger partial charge in [-0.05, 0) is 56.8 Å². The van der Waals surface area contributed by atoms with Gasteiger partial charge in [-0.1, -0.05) is 49.0 Å². The number of nitrogens with zero attached hydrogens (tertiary/aromatic N) is 1. The smallest absolute Gasteiger partial charge is 0.133 e. The fourth-order valence-electron chi connectivity index (χ4n) is 5.23. The molecule has 1 saturated carbocycles. The van der Waals surface area contributed by atoms with Crippen LogP contribution in [0.4, 0.5) is 0 Å². The van der Waals surface area contributed by atoms with Crippen LogP contribution in [-0.4, -0.2) is 35.9 Å². The Morgan fingerprint density at radius 1 is 1.03 bits per heavy atom. The van der Waals surface area contributed by atoms with Crippen LogP contribution in [0, 0.1) is 0 Å². The molecule has 5 rings (SSSR count). The van der Waals surface area contributed by atoms with Crippen LogP contribution in [-0.2, 0) is 0 Å². The van der Waals surface area contributed by atoms with Gasteiger partial charge in [0.25, 0.3) is 0 Å². The average Bonchev–Trinajstić information content (AvgIpc) is 3.27. The summed E-state index contributed by atoms with van der Waals surface area (Å²) in [4.78, 5) is 3.99. The predicted octanol–water partition coefficient (Wildman–Crippen LogP) is 5.49. The molecule has 1 N–H and O–H groups in total. The first kappa shape index (κ1) is 19.1. The lowest BCUT2D eigenvalue weighted by molar-refractivity contribution is 0.00375. The number of nitrogens with one attached hydrogen (secondary N) is 1. The van der Waals surface area contributed by atoms with Gasteiger partial charge < -0.3 is 10.1 Å². The second-order valence-corrected chi connectivity index (χ2v) is 9.55. The van der Waals surface area contributed by atoms with Gasteiger partial charge in [-0.2, -0.15) is 0 Å². The summed E-state index contributed by atoms with van der Waals surface area (Å²) >= 11 is 1.88. The number of hydrogen-bond donors (Lipinski definition) is 1. The Morgan fingerprint density at radius 2 is 1.83 bits per heavy atom. The summed E-state index contributed by atoms with van der Waals surface area (Å²) < 4.78 is 5.89. The number of rotatable bonds is 6. The van der Waals surface area contributed by atoms with Gasteiger partial charge in [0.1, 0.15) is 5.75 Å². The van der Waals surface area contributed by atoms with Gasteiger partial charge in [0.2, 0.25) is 0 Å². The first-order valence-electron chi connectivity index (χ1n) is 10.9. The summed E-state index contributed by atoms with van der Waals surface area (Å²) in [5.41, 5.74) is 3.77. The van der Waals surface area contributed by atoms with Gasteiger partial charge in [-0.15, -0.1) is 11.8 Å². The van der Waals surface area contributed by atoms with Gasteiger partial charge in [-0.3, -0.25) is 4.90 Å². The highest BCUT2D eigenvalue weighted by Gasteiger charge is 2.50. The van der Waals surface area contributed by atoms with E-state index in [1.165, 1.54) is 61.2 Å². The van der Waals surface area contributed by atoms with Crippen LogP contribution in [0.2, 0.25) is 0 Å². The number of fused-ring (bicyclic) bond motifs is 1. The van der Waals surface area contributed by atoms with Crippen molar-refractivity contribution in [1.82, 2.24) is 10.2 Å². The van der Waals surface area contributed by atoms with E-state index < -0.39 is 0 Å². The Balaban J connectivity index is 1.49. The van der Waals surface area contributed by atoms with Crippen LogP contribution in [0.1, 0.15) is 49.3 Å². The lowest BCUT2D eigenvalue weighted by Gasteiger charge is -2.54. The number of benzene rings is 2. The molecule has 0 amide bonds. The first-order chi connectivity index (χ1) is 14.3. The van der Waals surface area contributed by atoms with E-state index in [2.05, 4.69) is 65.3 Å². The Kier molecular flexibility index (Phi) is 5.31. The zero-order valence-corrected chi connectivity index (χ0v) is 17.8. The standard InChI is InChI=1S/C25H30N2OS/c1-19(21-11-7-12-22-23(21)29-18-17-28-22)26-24(20-9-3-2-4-10-20)25(13-8-14-25)27-15-5-6-16-27/h2-4,7,9-12,24,26H,1,5-6,8,13-18H2. The number of hydrogen-bond acceptors (Lipinski definition) is 4. The highest BCUT2D eigenvalue weighted by molar-refractivity contribution is 7.99. The normalized spacial score (nSPS) is 21.5. The zero-order valence-electron chi connectivity index (χ0n) is 17.0. The third-order valence-electron chi connectivity index (χ3n) is 6.84. The molecule has 152 valence electrons. The van der Waals surface area contributed by atoms with E-state index in [1.807, 2.05) is 11.8 Å². The molecule has 2 aromatic rings. The molecule has 0 spiro atoms. The Morgan fingerprint density at radius 3 is 2.55 bits per heavy atom. The summed E-state index contributed by atoms with van der Waals surface area (Å²) in [7, 11) is 0. The van der Waals surface area contributed by atoms with Gasteiger partial charge in [0.05, 0.1) is 17.5 Å². The van der Waals surface area contributed by atoms with Crippen molar-refractivity contribution in [3.8, 4) is 5.75 Å². The average molecular weight is 407 g/mol. The number of thioether (sulfide) groups is 1. The van der Waals surface area contributed by atoms with Crippen LogP contribution in [0.15, 0.2) is 60.0 Å². The highest BCUT2D eigenvalue weighted by atomic mass is 32.2. The van der Waals surface area contributed by atoms with Crippen molar-refractivity contribution in [2.45, 2.75) is 48.6 Å². The maximum atomic E-state index is 5.89. The lowest BCUT2D eigenvalue weighted by atomic mass is 9.68.